The number of nitrogens with zero attached hydrogens (tertiary/aromatic N) is 3. The molecule has 6 nitrogen and oxygen atoms in total. The van der Waals surface area contributed by atoms with Crippen molar-refractivity contribution in [3.8, 4) is 0 Å². The molecule has 1 saturated carbocycles. The van der Waals surface area contributed by atoms with Crippen molar-refractivity contribution >= 4 is 5.96 Å². The van der Waals surface area contributed by atoms with Gasteiger partial charge < -0.3 is 20.3 Å². The molecule has 2 rings (SSSR count). The lowest BCUT2D eigenvalue weighted by Crippen LogP contribution is -2.60. The molecule has 0 aromatic rings. The maximum atomic E-state index is 5.60. The summed E-state index contributed by atoms with van der Waals surface area (Å²) in [5.74, 6) is 0.945. The Bertz CT molecular complexity index is 437. The molecular weight excluding hydrogens is 326 g/mol. The van der Waals surface area contributed by atoms with Crippen molar-refractivity contribution < 1.29 is 4.74 Å². The number of aliphatic imine (C=N–C) groups is 1. The predicted molar refractivity (Wildman–Crippen MR) is 110 cm³/mol. The summed E-state index contributed by atoms with van der Waals surface area (Å²) in [6.45, 7) is 13.1. The summed E-state index contributed by atoms with van der Waals surface area (Å²) in [5.41, 5.74) is 0.310. The van der Waals surface area contributed by atoms with E-state index in [-0.39, 0.29) is 11.1 Å². The van der Waals surface area contributed by atoms with E-state index in [9.17, 15) is 0 Å². The maximum Gasteiger partial charge on any atom is 0.191 e. The lowest BCUT2D eigenvalue weighted by molar-refractivity contribution is -0.0352. The highest BCUT2D eigenvalue weighted by molar-refractivity contribution is 5.79. The number of hydrogen-bond acceptors (Lipinski definition) is 4. The van der Waals surface area contributed by atoms with Gasteiger partial charge in [-0.15, -0.1) is 0 Å². The third-order valence-electron chi connectivity index (χ3n) is 6.23. The van der Waals surface area contributed by atoms with Crippen molar-refractivity contribution in [3.05, 3.63) is 0 Å². The van der Waals surface area contributed by atoms with Crippen molar-refractivity contribution in [3.63, 3.8) is 0 Å². The van der Waals surface area contributed by atoms with Gasteiger partial charge in [-0.1, -0.05) is 19.3 Å². The van der Waals surface area contributed by atoms with Crippen molar-refractivity contribution in [2.45, 2.75) is 64.0 Å². The second-order valence-corrected chi connectivity index (χ2v) is 8.64. The zero-order valence-corrected chi connectivity index (χ0v) is 17.7. The molecule has 0 spiro atoms. The molecule has 1 heterocycles. The number of morpholine rings is 1. The summed E-state index contributed by atoms with van der Waals surface area (Å²) in [6, 6.07) is 0. The molecule has 1 aliphatic carbocycles. The summed E-state index contributed by atoms with van der Waals surface area (Å²) < 4.78 is 5.60. The van der Waals surface area contributed by atoms with Crippen LogP contribution in [0.5, 0.6) is 0 Å². The van der Waals surface area contributed by atoms with E-state index < -0.39 is 0 Å². The highest BCUT2D eigenvalue weighted by atomic mass is 16.5. The van der Waals surface area contributed by atoms with Crippen LogP contribution in [0, 0.1) is 0 Å². The Morgan fingerprint density at radius 3 is 2.35 bits per heavy atom. The van der Waals surface area contributed by atoms with Crippen LogP contribution in [0.3, 0.4) is 0 Å². The van der Waals surface area contributed by atoms with Crippen LogP contribution in [-0.2, 0) is 4.74 Å². The molecule has 26 heavy (non-hydrogen) atoms. The average molecular weight is 368 g/mol. The van der Waals surface area contributed by atoms with Gasteiger partial charge in [-0.3, -0.25) is 9.89 Å². The number of ether oxygens (including phenoxy) is 1. The molecule has 0 bridgehead atoms. The van der Waals surface area contributed by atoms with Gasteiger partial charge in [0.2, 0.25) is 0 Å². The summed E-state index contributed by atoms with van der Waals surface area (Å²) in [5, 5.41) is 7.11. The highest BCUT2D eigenvalue weighted by Crippen LogP contribution is 2.33. The summed E-state index contributed by atoms with van der Waals surface area (Å²) in [4.78, 5) is 9.79. The molecule has 1 saturated heterocycles. The van der Waals surface area contributed by atoms with Crippen LogP contribution < -0.4 is 10.6 Å². The zero-order valence-electron chi connectivity index (χ0n) is 17.7. The molecule has 0 aromatic carbocycles. The largest absolute Gasteiger partial charge is 0.379 e. The number of hydrogen-bond donors (Lipinski definition) is 2. The first-order valence-electron chi connectivity index (χ1n) is 10.4. The maximum absolute atomic E-state index is 5.60. The van der Waals surface area contributed by atoms with Crippen molar-refractivity contribution in [1.82, 2.24) is 20.4 Å². The first kappa shape index (κ1) is 21.5. The van der Waals surface area contributed by atoms with Crippen LogP contribution in [0.1, 0.15) is 52.9 Å². The lowest BCUT2D eigenvalue weighted by atomic mass is 9.80. The molecule has 0 aromatic heterocycles. The van der Waals surface area contributed by atoms with Crippen LogP contribution in [0.15, 0.2) is 4.99 Å². The Kier molecular flexibility index (Phi) is 8.17. The first-order valence-corrected chi connectivity index (χ1v) is 10.4. The molecule has 6 heteroatoms. The SMILES string of the molecule is CCNC(=NCC(C)(C)N(C)C)NCC1(N2CCOCC2)CCCCC1. The number of likely N-dealkylation sites (N-methyl/N-ethyl adjacent to an activating group) is 1. The molecule has 0 atom stereocenters. The van der Waals surface area contributed by atoms with E-state index >= 15 is 0 Å². The van der Waals surface area contributed by atoms with E-state index in [1.165, 1.54) is 32.1 Å². The Morgan fingerprint density at radius 1 is 1.12 bits per heavy atom. The smallest absolute Gasteiger partial charge is 0.191 e. The first-order chi connectivity index (χ1) is 12.4. The van der Waals surface area contributed by atoms with E-state index in [4.69, 9.17) is 9.73 Å². The van der Waals surface area contributed by atoms with Crippen LogP contribution >= 0.6 is 0 Å². The van der Waals surface area contributed by atoms with E-state index in [1.807, 2.05) is 0 Å². The summed E-state index contributed by atoms with van der Waals surface area (Å²) in [7, 11) is 4.23. The lowest BCUT2D eigenvalue weighted by Gasteiger charge is -2.48. The molecule has 2 aliphatic rings. The quantitative estimate of drug-likeness (QED) is 0.532. The fourth-order valence-corrected chi connectivity index (χ4v) is 3.86. The van der Waals surface area contributed by atoms with E-state index in [0.29, 0.717) is 0 Å². The fourth-order valence-electron chi connectivity index (χ4n) is 3.86. The molecule has 0 amide bonds. The van der Waals surface area contributed by atoms with Crippen molar-refractivity contribution in [1.29, 1.82) is 0 Å². The van der Waals surface area contributed by atoms with E-state index in [2.05, 4.69) is 55.3 Å². The molecule has 1 aliphatic heterocycles. The van der Waals surface area contributed by atoms with Crippen LogP contribution in [0.2, 0.25) is 0 Å². The standard InChI is InChI=1S/C20H41N5O/c1-6-21-18(22-16-19(2,3)24(4)5)23-17-20(10-8-7-9-11-20)25-12-14-26-15-13-25/h6-17H2,1-5H3,(H2,21,22,23). The minimum absolute atomic E-state index is 0.0507. The topological polar surface area (TPSA) is 52.1 Å². The van der Waals surface area contributed by atoms with Gasteiger partial charge in [-0.05, 0) is 47.7 Å². The van der Waals surface area contributed by atoms with Crippen molar-refractivity contribution in [2.24, 2.45) is 4.99 Å². The Morgan fingerprint density at radius 2 is 1.77 bits per heavy atom. The van der Waals surface area contributed by atoms with E-state index in [0.717, 1.165) is 51.9 Å². The minimum atomic E-state index is 0.0507. The van der Waals surface area contributed by atoms with Gasteiger partial charge in [-0.25, -0.2) is 0 Å². The number of guanidine groups is 1. The Balaban J connectivity index is 2.03. The number of rotatable bonds is 7. The third-order valence-corrected chi connectivity index (χ3v) is 6.23. The molecule has 152 valence electrons. The van der Waals surface area contributed by atoms with Crippen molar-refractivity contribution in [2.75, 3.05) is 60.0 Å². The fraction of sp³-hybridized carbons (Fsp3) is 0.950. The molecular formula is C20H41N5O. The highest BCUT2D eigenvalue weighted by Gasteiger charge is 2.38. The Hall–Kier alpha value is -0.850. The van der Waals surface area contributed by atoms with Gasteiger partial charge in [0.15, 0.2) is 5.96 Å². The minimum Gasteiger partial charge on any atom is -0.379 e. The molecule has 2 N–H and O–H groups in total. The van der Waals surface area contributed by atoms with Gasteiger partial charge in [0.05, 0.1) is 19.8 Å². The predicted octanol–water partition coefficient (Wildman–Crippen LogP) is 1.92. The Labute approximate surface area is 160 Å². The van der Waals surface area contributed by atoms with E-state index in [1.54, 1.807) is 0 Å². The third kappa shape index (κ3) is 5.83. The second kappa shape index (κ2) is 9.90. The molecule has 2 fully saturated rings. The molecule has 0 radical (unpaired) electrons. The zero-order chi connectivity index (χ0) is 19.0. The van der Waals surface area contributed by atoms with Crippen LogP contribution in [0.4, 0.5) is 0 Å². The van der Waals surface area contributed by atoms with Gasteiger partial charge in [0.1, 0.15) is 0 Å². The van der Waals surface area contributed by atoms with Gasteiger partial charge in [0.25, 0.3) is 0 Å². The molecule has 0 unspecified atom stereocenters. The number of nitrogens with one attached hydrogen (secondary N) is 2. The van der Waals surface area contributed by atoms with Gasteiger partial charge in [-0.2, -0.15) is 0 Å². The van der Waals surface area contributed by atoms with Gasteiger partial charge >= 0.3 is 0 Å². The second-order valence-electron chi connectivity index (χ2n) is 8.64. The average Bonchev–Trinajstić information content (AvgIpc) is 2.65. The van der Waals surface area contributed by atoms with Crippen LogP contribution in [-0.4, -0.2) is 86.9 Å². The van der Waals surface area contributed by atoms with Crippen LogP contribution in [0.25, 0.3) is 0 Å². The summed E-state index contributed by atoms with van der Waals surface area (Å²) in [6.07, 6.45) is 6.60. The summed E-state index contributed by atoms with van der Waals surface area (Å²) >= 11 is 0. The normalized spacial score (nSPS) is 22.5. The monoisotopic (exact) mass is 367 g/mol. The van der Waals surface area contributed by atoms with Gasteiger partial charge in [0, 0.05) is 37.3 Å².